The second-order valence-corrected chi connectivity index (χ2v) is 10.3. The summed E-state index contributed by atoms with van der Waals surface area (Å²) in [5.74, 6) is 0.694. The van der Waals surface area contributed by atoms with E-state index in [2.05, 4.69) is 0 Å². The van der Waals surface area contributed by atoms with E-state index in [-0.39, 0.29) is 51.3 Å². The van der Waals surface area contributed by atoms with Crippen molar-refractivity contribution in [2.24, 2.45) is 0 Å². The highest BCUT2D eigenvalue weighted by atomic mass is 16.3. The van der Waals surface area contributed by atoms with Gasteiger partial charge in [0.05, 0.1) is 11.0 Å². The van der Waals surface area contributed by atoms with Gasteiger partial charge in [-0.25, -0.2) is 0 Å². The second kappa shape index (κ2) is 8.95. The maximum absolute atomic E-state index is 9.21. The van der Waals surface area contributed by atoms with E-state index in [4.69, 9.17) is 17.1 Å². The van der Waals surface area contributed by atoms with Gasteiger partial charge in [0.25, 0.3) is 0 Å². The van der Waals surface area contributed by atoms with E-state index < -0.39 is 24.2 Å². The van der Waals surface area contributed by atoms with E-state index in [0.29, 0.717) is 39.2 Å². The predicted molar refractivity (Wildman–Crippen MR) is 175 cm³/mol. The minimum atomic E-state index is -0.439. The van der Waals surface area contributed by atoms with Gasteiger partial charge in [-0.15, -0.1) is 0 Å². The van der Waals surface area contributed by atoms with Crippen molar-refractivity contribution < 1.29 is 19.8 Å². The van der Waals surface area contributed by atoms with Crippen molar-refractivity contribution in [1.29, 1.82) is 0 Å². The van der Waals surface area contributed by atoms with Crippen LogP contribution < -0.4 is 0 Å². The Bertz CT molecular complexity index is 2810. The summed E-state index contributed by atoms with van der Waals surface area (Å²) < 4.78 is 83.9. The topological polar surface area (TPSA) is 26.3 Å². The SMILES string of the molecule is [2H]c1c([2H])c([2H])c2c(-c3ccc4oc5ccc6oc(-c7ccccc7)cc6c5c4c3)c3c([2H])c([2H])c([2H])c([2H])c3c(-c3ccccc3)c2c1[2H]. The highest BCUT2D eigenvalue weighted by Crippen LogP contribution is 2.45. The first kappa shape index (κ1) is 16.6. The van der Waals surface area contributed by atoms with Gasteiger partial charge in [0.2, 0.25) is 0 Å². The van der Waals surface area contributed by atoms with E-state index >= 15 is 0 Å². The number of hydrogen-bond donors (Lipinski definition) is 0. The fourth-order valence-electron chi connectivity index (χ4n) is 6.09. The first-order valence-electron chi connectivity index (χ1n) is 17.6. The first-order valence-corrected chi connectivity index (χ1v) is 13.6. The fourth-order valence-corrected chi connectivity index (χ4v) is 6.09. The molecule has 0 fully saturated rings. The molecule has 9 rings (SSSR count). The molecule has 0 radical (unpaired) electrons. The molecule has 2 heterocycles. The van der Waals surface area contributed by atoms with Crippen LogP contribution in [0.2, 0.25) is 0 Å². The van der Waals surface area contributed by atoms with Gasteiger partial charge >= 0.3 is 0 Å². The summed E-state index contributed by atoms with van der Waals surface area (Å²) in [5.41, 5.74) is 4.47. The van der Waals surface area contributed by atoms with Crippen LogP contribution in [0.3, 0.4) is 0 Å². The van der Waals surface area contributed by atoms with Crippen molar-refractivity contribution in [2.45, 2.75) is 0 Å². The van der Waals surface area contributed by atoms with Crippen molar-refractivity contribution in [3.8, 4) is 33.6 Å². The van der Waals surface area contributed by atoms with Crippen LogP contribution in [0.15, 0.2) is 154 Å². The second-order valence-electron chi connectivity index (χ2n) is 10.3. The monoisotopic (exact) mass is 544 g/mol. The average Bonchev–Trinajstić information content (AvgIpc) is 3.75. The molecule has 2 aromatic heterocycles. The molecule has 0 unspecified atom stereocenters. The van der Waals surface area contributed by atoms with Crippen LogP contribution in [0, 0.1) is 0 Å². The minimum absolute atomic E-state index is 0.166. The Balaban J connectivity index is 1.47. The molecule has 0 aliphatic carbocycles. The number of hydrogen-bond acceptors (Lipinski definition) is 2. The summed E-state index contributed by atoms with van der Waals surface area (Å²) in [7, 11) is 0. The largest absolute Gasteiger partial charge is 0.456 e. The quantitative estimate of drug-likeness (QED) is 0.207. The summed E-state index contributed by atoms with van der Waals surface area (Å²) in [6, 6.07) is 26.9. The van der Waals surface area contributed by atoms with Crippen LogP contribution in [0.5, 0.6) is 0 Å². The smallest absolute Gasteiger partial charge is 0.136 e. The van der Waals surface area contributed by atoms with Crippen molar-refractivity contribution in [3.05, 3.63) is 145 Å². The van der Waals surface area contributed by atoms with Crippen LogP contribution in [0.25, 0.3) is 88.0 Å². The zero-order chi connectivity index (χ0) is 34.6. The summed E-state index contributed by atoms with van der Waals surface area (Å²) in [4.78, 5) is 0. The van der Waals surface area contributed by atoms with E-state index in [1.807, 2.05) is 60.7 Å². The molecule has 2 nitrogen and oxygen atoms in total. The lowest BCUT2D eigenvalue weighted by Gasteiger charge is -2.17. The van der Waals surface area contributed by atoms with Gasteiger partial charge in [-0.05, 0) is 74.1 Å². The predicted octanol–water partition coefficient (Wildman–Crippen LogP) is 11.6. The fraction of sp³-hybridized carbons (Fsp3) is 0. The molecule has 7 aromatic carbocycles. The lowest BCUT2D eigenvalue weighted by atomic mass is 9.86. The van der Waals surface area contributed by atoms with Crippen LogP contribution in [-0.2, 0) is 0 Å². The van der Waals surface area contributed by atoms with Crippen molar-refractivity contribution in [2.75, 3.05) is 0 Å². The summed E-state index contributed by atoms with van der Waals surface area (Å²) >= 11 is 0. The maximum atomic E-state index is 9.21. The molecule has 0 aliphatic heterocycles. The molecule has 0 N–H and O–H groups in total. The maximum Gasteiger partial charge on any atom is 0.136 e. The van der Waals surface area contributed by atoms with E-state index in [9.17, 15) is 2.74 Å². The Labute approximate surface area is 253 Å². The number of furan rings is 2. The van der Waals surface area contributed by atoms with Crippen LogP contribution in [-0.4, -0.2) is 0 Å². The lowest BCUT2D eigenvalue weighted by molar-refractivity contribution is 0.631. The molecule has 0 aliphatic rings. The highest BCUT2D eigenvalue weighted by Gasteiger charge is 2.19. The highest BCUT2D eigenvalue weighted by molar-refractivity contribution is 6.23. The summed E-state index contributed by atoms with van der Waals surface area (Å²) in [5, 5.41) is 3.03. The molecule has 0 atom stereocenters. The third-order valence-corrected chi connectivity index (χ3v) is 7.92. The third kappa shape index (κ3) is 3.39. The van der Waals surface area contributed by atoms with E-state index in [1.165, 1.54) is 0 Å². The molecule has 42 heavy (non-hydrogen) atoms. The molecule has 0 bridgehead atoms. The molecule has 0 saturated carbocycles. The lowest BCUT2D eigenvalue weighted by Crippen LogP contribution is -1.90. The Morgan fingerprint density at radius 2 is 0.905 bits per heavy atom. The van der Waals surface area contributed by atoms with Crippen molar-refractivity contribution in [1.82, 2.24) is 0 Å². The first-order chi connectivity index (χ1) is 24.2. The molecule has 0 saturated heterocycles. The van der Waals surface area contributed by atoms with Gasteiger partial charge in [0.15, 0.2) is 0 Å². The Hall–Kier alpha value is -5.60. The van der Waals surface area contributed by atoms with Crippen LogP contribution in [0.1, 0.15) is 11.0 Å². The van der Waals surface area contributed by atoms with Crippen LogP contribution >= 0.6 is 0 Å². The molecular formula is C40H24O2. The van der Waals surface area contributed by atoms with Gasteiger partial charge in [0.1, 0.15) is 22.5 Å². The molecule has 9 aromatic rings. The van der Waals surface area contributed by atoms with Gasteiger partial charge in [-0.2, -0.15) is 0 Å². The molecule has 0 amide bonds. The van der Waals surface area contributed by atoms with E-state index in [0.717, 1.165) is 21.7 Å². The van der Waals surface area contributed by atoms with Gasteiger partial charge < -0.3 is 8.83 Å². The van der Waals surface area contributed by atoms with Crippen molar-refractivity contribution in [3.63, 3.8) is 0 Å². The Morgan fingerprint density at radius 3 is 1.55 bits per heavy atom. The normalized spacial score (nSPS) is 14.5. The minimum Gasteiger partial charge on any atom is -0.456 e. The third-order valence-electron chi connectivity index (χ3n) is 7.92. The standard InChI is InChI=1S/C40H24O2/c1-3-11-25(12-4-1)37-24-33-35(42-37)21-22-36-40(33)32-23-27(19-20-34(32)41-36)39-30-17-9-7-15-28(30)38(26-13-5-2-6-14-26)29-16-8-10-18-31(29)39/h1-24H/i7D,8D,9D,10D,15D,16D,17D,18D. The van der Waals surface area contributed by atoms with E-state index in [1.54, 1.807) is 36.4 Å². The van der Waals surface area contributed by atoms with Gasteiger partial charge in [0, 0.05) is 21.7 Å². The number of benzene rings is 7. The zero-order valence-electron chi connectivity index (χ0n) is 30.1. The molecule has 196 valence electrons. The Morgan fingerprint density at radius 1 is 0.405 bits per heavy atom. The summed E-state index contributed by atoms with van der Waals surface area (Å²) in [6.07, 6.45) is 0. The van der Waals surface area contributed by atoms with Gasteiger partial charge in [-0.1, -0.05) is 115 Å². The van der Waals surface area contributed by atoms with Crippen molar-refractivity contribution >= 4 is 54.5 Å². The molecular weight excluding hydrogens is 512 g/mol. The molecule has 2 heteroatoms. The van der Waals surface area contributed by atoms with Gasteiger partial charge in [-0.3, -0.25) is 0 Å². The number of rotatable bonds is 3. The Kier molecular flexibility index (Phi) is 3.54. The molecule has 0 spiro atoms. The average molecular weight is 545 g/mol. The van der Waals surface area contributed by atoms with Crippen LogP contribution in [0.4, 0.5) is 0 Å². The number of fused-ring (bicyclic) bond motifs is 7. The zero-order valence-corrected chi connectivity index (χ0v) is 22.1. The summed E-state index contributed by atoms with van der Waals surface area (Å²) in [6.45, 7) is 0.